The third-order valence-corrected chi connectivity index (χ3v) is 7.09. The Morgan fingerprint density at radius 1 is 0.867 bits per heavy atom. The van der Waals surface area contributed by atoms with Gasteiger partial charge in [-0.25, -0.2) is 8.42 Å². The van der Waals surface area contributed by atoms with Crippen LogP contribution in [0.3, 0.4) is 0 Å². The molecule has 0 aromatic heterocycles. The lowest BCUT2D eigenvalue weighted by atomic mass is 10.1. The van der Waals surface area contributed by atoms with E-state index in [1.54, 1.807) is 72.8 Å². The molecule has 0 unspecified atom stereocenters. The molecule has 0 saturated heterocycles. The van der Waals surface area contributed by atoms with Crippen LogP contribution in [0.2, 0.25) is 0 Å². The van der Waals surface area contributed by atoms with E-state index < -0.39 is 15.6 Å². The lowest BCUT2D eigenvalue weighted by Gasteiger charge is -2.10. The summed E-state index contributed by atoms with van der Waals surface area (Å²) < 4.78 is 33.4. The normalized spacial score (nSPS) is 11.9. The number of benzene rings is 3. The number of allylic oxidation sites excluding steroid dienone is 1. The summed E-state index contributed by atoms with van der Waals surface area (Å²) in [4.78, 5) is 12.9. The first-order chi connectivity index (χ1) is 14.3. The lowest BCUT2D eigenvalue weighted by molar-refractivity contribution is 0.104. The number of methoxy groups -OCH3 is 1. The zero-order chi connectivity index (χ0) is 21.7. The van der Waals surface area contributed by atoms with Crippen molar-refractivity contribution in [3.63, 3.8) is 0 Å². The van der Waals surface area contributed by atoms with Crippen molar-refractivity contribution in [3.8, 4) is 5.75 Å². The molecule has 4 nitrogen and oxygen atoms in total. The van der Waals surface area contributed by atoms with Gasteiger partial charge < -0.3 is 4.74 Å². The van der Waals surface area contributed by atoms with E-state index in [2.05, 4.69) is 31.9 Å². The molecule has 0 aliphatic heterocycles. The van der Waals surface area contributed by atoms with Gasteiger partial charge in [0.1, 0.15) is 10.7 Å². The van der Waals surface area contributed by atoms with Gasteiger partial charge in [0.2, 0.25) is 5.78 Å². The third-order valence-electron chi connectivity index (χ3n) is 4.35. The first kappa shape index (κ1) is 22.5. The second-order valence-electron chi connectivity index (χ2n) is 6.50. The van der Waals surface area contributed by atoms with Crippen LogP contribution in [0.4, 0.5) is 0 Å². The quantitative estimate of drug-likeness (QED) is 0.265. The molecule has 0 N–H and O–H groups in total. The van der Waals surface area contributed by atoms with Crippen LogP contribution < -0.4 is 4.74 Å². The van der Waals surface area contributed by atoms with Crippen molar-refractivity contribution in [2.75, 3.05) is 7.11 Å². The van der Waals surface area contributed by atoms with Crippen molar-refractivity contribution in [3.05, 3.63) is 103 Å². The Morgan fingerprint density at radius 2 is 1.40 bits per heavy atom. The predicted octanol–water partition coefficient (Wildman–Crippen LogP) is 6.06. The second-order valence-corrected chi connectivity index (χ2v) is 10.3. The Kier molecular flexibility index (Phi) is 7.28. The van der Waals surface area contributed by atoms with E-state index in [0.717, 1.165) is 8.95 Å². The summed E-state index contributed by atoms with van der Waals surface area (Å²) in [5.74, 6) is -0.245. The molecule has 0 aliphatic rings. The van der Waals surface area contributed by atoms with Crippen LogP contribution in [0.5, 0.6) is 5.75 Å². The van der Waals surface area contributed by atoms with Gasteiger partial charge in [0, 0.05) is 14.5 Å². The number of halogens is 2. The number of ether oxygens (including phenoxy) is 1. The van der Waals surface area contributed by atoms with E-state index in [-0.39, 0.29) is 16.2 Å². The van der Waals surface area contributed by atoms with Crippen molar-refractivity contribution in [1.82, 2.24) is 0 Å². The van der Waals surface area contributed by atoms with E-state index in [1.165, 1.54) is 13.2 Å². The Bertz CT molecular complexity index is 1170. The van der Waals surface area contributed by atoms with Gasteiger partial charge in [-0.05, 0) is 65.7 Å². The molecule has 0 heterocycles. The monoisotopic (exact) mass is 548 g/mol. The largest absolute Gasteiger partial charge is 0.497 e. The molecular weight excluding hydrogens is 532 g/mol. The Morgan fingerprint density at radius 3 is 1.93 bits per heavy atom. The number of hydrogen-bond donors (Lipinski definition) is 0. The summed E-state index contributed by atoms with van der Waals surface area (Å²) in [7, 11) is -2.38. The second kappa shape index (κ2) is 9.73. The maximum absolute atomic E-state index is 13.3. The van der Waals surface area contributed by atoms with E-state index in [1.807, 2.05) is 0 Å². The van der Waals surface area contributed by atoms with Gasteiger partial charge in [0.05, 0.1) is 12.9 Å². The van der Waals surface area contributed by atoms with Crippen LogP contribution in [0.1, 0.15) is 21.5 Å². The van der Waals surface area contributed by atoms with Gasteiger partial charge in [-0.2, -0.15) is 0 Å². The van der Waals surface area contributed by atoms with Crippen molar-refractivity contribution in [2.45, 2.75) is 5.75 Å². The highest BCUT2D eigenvalue weighted by atomic mass is 79.9. The molecule has 0 spiro atoms. The third kappa shape index (κ3) is 5.68. The van der Waals surface area contributed by atoms with Gasteiger partial charge in [-0.1, -0.05) is 56.1 Å². The molecule has 7 heteroatoms. The van der Waals surface area contributed by atoms with Gasteiger partial charge in [-0.3, -0.25) is 4.79 Å². The van der Waals surface area contributed by atoms with Crippen LogP contribution in [-0.4, -0.2) is 21.3 Å². The Labute approximate surface area is 192 Å². The number of sulfone groups is 1. The maximum atomic E-state index is 13.3. The average Bonchev–Trinajstić information content (AvgIpc) is 2.74. The highest BCUT2D eigenvalue weighted by Crippen LogP contribution is 2.24. The standard InChI is InChI=1S/C23H18Br2O4S/c1-29-21-12-6-18(7-13-21)23(26)22(14-16-2-8-19(24)9-3-16)30(27,28)15-17-4-10-20(25)11-5-17/h2-14H,15H2,1H3/b22-14+. The van der Waals surface area contributed by atoms with E-state index in [4.69, 9.17) is 4.74 Å². The van der Waals surface area contributed by atoms with Crippen LogP contribution in [0.15, 0.2) is 86.6 Å². The first-order valence-electron chi connectivity index (χ1n) is 8.92. The minimum absolute atomic E-state index is 0.252. The molecule has 0 saturated carbocycles. The summed E-state index contributed by atoms with van der Waals surface area (Å²) in [6.07, 6.45) is 1.42. The summed E-state index contributed by atoms with van der Waals surface area (Å²) >= 11 is 6.70. The molecule has 0 radical (unpaired) electrons. The minimum Gasteiger partial charge on any atom is -0.497 e. The molecule has 30 heavy (non-hydrogen) atoms. The molecule has 0 fully saturated rings. The zero-order valence-corrected chi connectivity index (χ0v) is 20.0. The molecule has 3 aromatic rings. The van der Waals surface area contributed by atoms with Crippen molar-refractivity contribution >= 4 is 53.6 Å². The van der Waals surface area contributed by atoms with Gasteiger partial charge in [0.15, 0.2) is 9.84 Å². The van der Waals surface area contributed by atoms with Crippen LogP contribution in [0.25, 0.3) is 6.08 Å². The Balaban J connectivity index is 2.04. The van der Waals surface area contributed by atoms with E-state index >= 15 is 0 Å². The van der Waals surface area contributed by atoms with Crippen molar-refractivity contribution in [1.29, 1.82) is 0 Å². The van der Waals surface area contributed by atoms with Crippen molar-refractivity contribution < 1.29 is 17.9 Å². The minimum atomic E-state index is -3.91. The smallest absolute Gasteiger partial charge is 0.204 e. The summed E-state index contributed by atoms with van der Waals surface area (Å²) in [5, 5.41) is 0. The highest BCUT2D eigenvalue weighted by Gasteiger charge is 2.26. The van der Waals surface area contributed by atoms with Crippen LogP contribution in [-0.2, 0) is 15.6 Å². The van der Waals surface area contributed by atoms with E-state index in [9.17, 15) is 13.2 Å². The number of carbonyl (C=O) groups excluding carboxylic acids is 1. The molecule has 0 aliphatic carbocycles. The van der Waals surface area contributed by atoms with Crippen LogP contribution in [0, 0.1) is 0 Å². The molecule has 0 bridgehead atoms. The first-order valence-corrected chi connectivity index (χ1v) is 12.2. The molecule has 154 valence electrons. The zero-order valence-electron chi connectivity index (χ0n) is 16.0. The molecule has 3 rings (SSSR count). The summed E-state index contributed by atoms with van der Waals surface area (Å²) in [6.45, 7) is 0. The van der Waals surface area contributed by atoms with E-state index in [0.29, 0.717) is 16.9 Å². The average molecular weight is 550 g/mol. The predicted molar refractivity (Wildman–Crippen MR) is 126 cm³/mol. The fourth-order valence-corrected chi connectivity index (χ4v) is 4.80. The SMILES string of the molecule is COc1ccc(C(=O)/C(=C\c2ccc(Br)cc2)S(=O)(=O)Cc2ccc(Br)cc2)cc1. The van der Waals surface area contributed by atoms with Crippen LogP contribution >= 0.6 is 31.9 Å². The lowest BCUT2D eigenvalue weighted by Crippen LogP contribution is -2.16. The van der Waals surface area contributed by atoms with Gasteiger partial charge >= 0.3 is 0 Å². The highest BCUT2D eigenvalue weighted by molar-refractivity contribution is 9.10. The number of Topliss-reactive ketones (excluding diaryl/α,β-unsaturated/α-hetero) is 1. The van der Waals surface area contributed by atoms with Gasteiger partial charge in [0.25, 0.3) is 0 Å². The Hall–Kier alpha value is -2.22. The maximum Gasteiger partial charge on any atom is 0.204 e. The summed E-state index contributed by atoms with van der Waals surface area (Å²) in [5.41, 5.74) is 1.50. The summed E-state index contributed by atoms with van der Waals surface area (Å²) in [6, 6.07) is 20.5. The molecule has 0 amide bonds. The molecular formula is C23H18Br2O4S. The van der Waals surface area contributed by atoms with Crippen molar-refractivity contribution in [2.24, 2.45) is 0 Å². The fraction of sp³-hybridized carbons (Fsp3) is 0.0870. The number of carbonyl (C=O) groups is 1. The number of hydrogen-bond acceptors (Lipinski definition) is 4. The number of ketones is 1. The molecule has 0 atom stereocenters. The topological polar surface area (TPSA) is 60.4 Å². The molecule has 3 aromatic carbocycles. The fourth-order valence-electron chi connectivity index (χ4n) is 2.77. The number of rotatable bonds is 7. The van der Waals surface area contributed by atoms with Gasteiger partial charge in [-0.15, -0.1) is 0 Å².